The fourth-order valence-corrected chi connectivity index (χ4v) is 2.54. The normalized spacial score (nSPS) is 24.7. The smallest absolute Gasteiger partial charge is 0.334 e. The van der Waals surface area contributed by atoms with Gasteiger partial charge >= 0.3 is 17.9 Å². The first kappa shape index (κ1) is 19.2. The monoisotopic (exact) mass is 352 g/mol. The number of esters is 3. The first-order valence-electron chi connectivity index (χ1n) is 8.34. The summed E-state index contributed by atoms with van der Waals surface area (Å²) in [5.74, 6) is -1.57. The molecule has 7 nitrogen and oxygen atoms in total. The summed E-state index contributed by atoms with van der Waals surface area (Å²) in [6, 6.07) is 0. The predicted molar refractivity (Wildman–Crippen MR) is 87.5 cm³/mol. The second kappa shape index (κ2) is 8.29. The second-order valence-electron chi connectivity index (χ2n) is 6.45. The molecule has 0 aromatic heterocycles. The summed E-state index contributed by atoms with van der Waals surface area (Å²) >= 11 is 0. The van der Waals surface area contributed by atoms with E-state index < -0.39 is 23.3 Å². The molecule has 0 bridgehead atoms. The Kier molecular flexibility index (Phi) is 6.36. The van der Waals surface area contributed by atoms with E-state index in [1.54, 1.807) is 13.0 Å². The molecule has 2 unspecified atom stereocenters. The Morgan fingerprint density at radius 1 is 1.28 bits per heavy atom. The number of hydrogen-bond donors (Lipinski definition) is 0. The maximum absolute atomic E-state index is 12.5. The van der Waals surface area contributed by atoms with Gasteiger partial charge in [-0.25, -0.2) is 9.59 Å². The molecule has 2 atom stereocenters. The van der Waals surface area contributed by atoms with E-state index in [4.69, 9.17) is 18.9 Å². The fourth-order valence-electron chi connectivity index (χ4n) is 2.54. The van der Waals surface area contributed by atoms with Gasteiger partial charge in [-0.3, -0.25) is 4.79 Å². The zero-order valence-electron chi connectivity index (χ0n) is 14.7. The van der Waals surface area contributed by atoms with Gasteiger partial charge in [0.1, 0.15) is 25.9 Å². The molecule has 2 rings (SSSR count). The molecule has 2 aliphatic rings. The van der Waals surface area contributed by atoms with Crippen molar-refractivity contribution in [2.24, 2.45) is 5.41 Å². The number of allylic oxidation sites excluding steroid dienone is 1. The highest BCUT2D eigenvalue weighted by molar-refractivity contribution is 5.98. The van der Waals surface area contributed by atoms with Crippen LogP contribution in [-0.2, 0) is 33.3 Å². The van der Waals surface area contributed by atoms with Crippen molar-refractivity contribution in [1.29, 1.82) is 0 Å². The van der Waals surface area contributed by atoms with Crippen molar-refractivity contribution in [2.75, 3.05) is 26.4 Å². The lowest BCUT2D eigenvalue weighted by molar-refractivity contribution is -0.158. The van der Waals surface area contributed by atoms with E-state index in [2.05, 4.69) is 6.58 Å². The van der Waals surface area contributed by atoms with Crippen LogP contribution in [0, 0.1) is 5.41 Å². The molecule has 1 aliphatic carbocycles. The molecule has 1 saturated heterocycles. The minimum atomic E-state index is -1.03. The summed E-state index contributed by atoms with van der Waals surface area (Å²) in [4.78, 5) is 36.1. The summed E-state index contributed by atoms with van der Waals surface area (Å²) in [6.45, 7) is 7.33. The number of carbonyl (C=O) groups is 3. The van der Waals surface area contributed by atoms with Crippen molar-refractivity contribution in [3.05, 3.63) is 23.8 Å². The lowest BCUT2D eigenvalue weighted by Gasteiger charge is -2.31. The number of carbonyl (C=O) groups excluding carboxylic acids is 3. The third kappa shape index (κ3) is 5.16. The predicted octanol–water partition coefficient (Wildman–Crippen LogP) is 1.71. The van der Waals surface area contributed by atoms with Crippen LogP contribution < -0.4 is 0 Å². The van der Waals surface area contributed by atoms with Gasteiger partial charge in [0.05, 0.1) is 17.6 Å². The van der Waals surface area contributed by atoms with Crippen LogP contribution in [0.4, 0.5) is 0 Å². The number of epoxide rings is 1. The Balaban J connectivity index is 1.88. The largest absolute Gasteiger partial charge is 0.462 e. The van der Waals surface area contributed by atoms with Gasteiger partial charge in [0.25, 0.3) is 0 Å². The van der Waals surface area contributed by atoms with E-state index in [1.165, 1.54) is 6.92 Å². The van der Waals surface area contributed by atoms with E-state index in [0.717, 1.165) is 6.42 Å². The average molecular weight is 352 g/mol. The molecule has 1 aliphatic heterocycles. The molecule has 1 fully saturated rings. The fraction of sp³-hybridized carbons (Fsp3) is 0.611. The van der Waals surface area contributed by atoms with Crippen LogP contribution >= 0.6 is 0 Å². The number of ether oxygens (including phenoxy) is 4. The maximum atomic E-state index is 12.5. The lowest BCUT2D eigenvalue weighted by atomic mass is 9.74. The highest BCUT2D eigenvalue weighted by Crippen LogP contribution is 2.39. The van der Waals surface area contributed by atoms with E-state index in [-0.39, 0.29) is 31.5 Å². The summed E-state index contributed by atoms with van der Waals surface area (Å²) in [6.07, 6.45) is 3.70. The van der Waals surface area contributed by atoms with Crippen molar-refractivity contribution < 1.29 is 33.3 Å². The molecule has 0 aromatic rings. The molecular formula is C18H24O7. The van der Waals surface area contributed by atoms with Gasteiger partial charge in [-0.1, -0.05) is 12.7 Å². The van der Waals surface area contributed by atoms with Crippen molar-refractivity contribution >= 4 is 17.9 Å². The first-order valence-corrected chi connectivity index (χ1v) is 8.34. The Labute approximate surface area is 146 Å². The topological polar surface area (TPSA) is 91.4 Å². The summed E-state index contributed by atoms with van der Waals surface area (Å²) in [5.41, 5.74) is -0.457. The van der Waals surface area contributed by atoms with Gasteiger partial charge in [0.2, 0.25) is 0 Å². The molecule has 0 N–H and O–H groups in total. The maximum Gasteiger partial charge on any atom is 0.334 e. The zero-order chi connectivity index (χ0) is 18.4. The van der Waals surface area contributed by atoms with E-state index >= 15 is 0 Å². The standard InChI is InChI=1S/C18H24O7/c1-12(2)15(19)22-8-9-23-16(20)14-6-4-5-7-18(14,3)17(21)25-11-13-10-24-13/h6,13H,1,4-5,7-11H2,2-3H3. The van der Waals surface area contributed by atoms with Crippen LogP contribution in [0.15, 0.2) is 23.8 Å². The highest BCUT2D eigenvalue weighted by Gasteiger charge is 2.44. The SMILES string of the molecule is C=C(C)C(=O)OCCOC(=O)C1=CCCCC1(C)C(=O)OCC1CO1. The molecule has 7 heteroatoms. The molecule has 0 radical (unpaired) electrons. The third-order valence-electron chi connectivity index (χ3n) is 4.20. The Bertz CT molecular complexity index is 588. The average Bonchev–Trinajstić information content (AvgIpc) is 3.40. The van der Waals surface area contributed by atoms with Crippen LogP contribution in [-0.4, -0.2) is 50.4 Å². The Morgan fingerprint density at radius 3 is 2.60 bits per heavy atom. The quantitative estimate of drug-likeness (QED) is 0.216. The first-order chi connectivity index (χ1) is 11.8. The van der Waals surface area contributed by atoms with Gasteiger partial charge in [-0.15, -0.1) is 0 Å². The van der Waals surface area contributed by atoms with Gasteiger partial charge in [0.15, 0.2) is 0 Å². The number of rotatable bonds is 8. The van der Waals surface area contributed by atoms with Crippen LogP contribution in [0.5, 0.6) is 0 Å². The van der Waals surface area contributed by atoms with Crippen molar-refractivity contribution in [1.82, 2.24) is 0 Å². The van der Waals surface area contributed by atoms with Crippen LogP contribution in [0.1, 0.15) is 33.1 Å². The van der Waals surface area contributed by atoms with E-state index in [1.807, 2.05) is 0 Å². The summed E-state index contributed by atoms with van der Waals surface area (Å²) < 4.78 is 20.3. The Morgan fingerprint density at radius 2 is 1.96 bits per heavy atom. The van der Waals surface area contributed by atoms with Crippen molar-refractivity contribution in [3.63, 3.8) is 0 Å². The summed E-state index contributed by atoms with van der Waals surface area (Å²) in [7, 11) is 0. The van der Waals surface area contributed by atoms with E-state index in [9.17, 15) is 14.4 Å². The third-order valence-corrected chi connectivity index (χ3v) is 4.20. The molecule has 0 spiro atoms. The minimum Gasteiger partial charge on any atom is -0.462 e. The summed E-state index contributed by atoms with van der Waals surface area (Å²) in [5, 5.41) is 0. The van der Waals surface area contributed by atoms with Crippen molar-refractivity contribution in [3.8, 4) is 0 Å². The molecule has 0 amide bonds. The van der Waals surface area contributed by atoms with E-state index in [0.29, 0.717) is 25.0 Å². The second-order valence-corrected chi connectivity index (χ2v) is 6.45. The molecule has 138 valence electrons. The van der Waals surface area contributed by atoms with Crippen LogP contribution in [0.2, 0.25) is 0 Å². The molecule has 0 aromatic carbocycles. The van der Waals surface area contributed by atoms with Gasteiger partial charge in [-0.05, 0) is 33.1 Å². The zero-order valence-corrected chi connectivity index (χ0v) is 14.7. The highest BCUT2D eigenvalue weighted by atomic mass is 16.6. The van der Waals surface area contributed by atoms with Crippen LogP contribution in [0.25, 0.3) is 0 Å². The van der Waals surface area contributed by atoms with Gasteiger partial charge in [-0.2, -0.15) is 0 Å². The van der Waals surface area contributed by atoms with Crippen LogP contribution in [0.3, 0.4) is 0 Å². The molecular weight excluding hydrogens is 328 g/mol. The minimum absolute atomic E-state index is 0.0291. The van der Waals surface area contributed by atoms with Gasteiger partial charge in [0, 0.05) is 5.57 Å². The number of hydrogen-bond acceptors (Lipinski definition) is 7. The molecule has 0 saturated carbocycles. The molecule has 1 heterocycles. The Hall–Kier alpha value is -2.15. The molecule has 25 heavy (non-hydrogen) atoms. The lowest BCUT2D eigenvalue weighted by Crippen LogP contribution is -2.38. The van der Waals surface area contributed by atoms with Gasteiger partial charge < -0.3 is 18.9 Å². The van der Waals surface area contributed by atoms with Crippen molar-refractivity contribution in [2.45, 2.75) is 39.2 Å².